The molecule has 2 aliphatic rings. The van der Waals surface area contributed by atoms with E-state index in [1.807, 2.05) is 0 Å². The van der Waals surface area contributed by atoms with Crippen LogP contribution in [0.2, 0.25) is 0 Å². The molecule has 2 heterocycles. The predicted octanol–water partition coefficient (Wildman–Crippen LogP) is 0.799. The Hall–Kier alpha value is -2.28. The largest absolute Gasteiger partial charge is 0.396 e. The van der Waals surface area contributed by atoms with Crippen molar-refractivity contribution >= 4 is 5.91 Å². The van der Waals surface area contributed by atoms with Crippen molar-refractivity contribution in [3.05, 3.63) is 36.5 Å². The van der Waals surface area contributed by atoms with Gasteiger partial charge < -0.3 is 10.4 Å². The third-order valence-corrected chi connectivity index (χ3v) is 5.26. The summed E-state index contributed by atoms with van der Waals surface area (Å²) in [4.78, 5) is 20.6. The Morgan fingerprint density at radius 3 is 2.91 bits per heavy atom. The Morgan fingerprint density at radius 2 is 2.22 bits per heavy atom. The molecular formula is C16H19N5O2. The summed E-state index contributed by atoms with van der Waals surface area (Å²) in [5.74, 6) is 1.75. The zero-order valence-electron chi connectivity index (χ0n) is 12.7. The fourth-order valence-corrected chi connectivity index (χ4v) is 4.12. The van der Waals surface area contributed by atoms with E-state index >= 15 is 0 Å². The molecule has 0 radical (unpaired) electrons. The van der Waals surface area contributed by atoms with Gasteiger partial charge in [0.15, 0.2) is 5.82 Å². The average Bonchev–Trinajstić information content (AvgIpc) is 3.32. The van der Waals surface area contributed by atoms with Crippen LogP contribution < -0.4 is 5.32 Å². The lowest BCUT2D eigenvalue weighted by molar-refractivity contribution is 0.0861. The van der Waals surface area contributed by atoms with E-state index < -0.39 is 0 Å². The van der Waals surface area contributed by atoms with Gasteiger partial charge in [0, 0.05) is 24.8 Å². The Balaban J connectivity index is 1.47. The molecule has 23 heavy (non-hydrogen) atoms. The highest BCUT2D eigenvalue weighted by atomic mass is 16.3. The van der Waals surface area contributed by atoms with Crippen molar-refractivity contribution in [2.75, 3.05) is 6.61 Å². The fraction of sp³-hybridized carbons (Fsp3) is 0.500. The molecule has 2 aromatic rings. The maximum atomic E-state index is 12.5. The summed E-state index contributed by atoms with van der Waals surface area (Å²) < 4.78 is 1.54. The molecule has 7 heteroatoms. The van der Waals surface area contributed by atoms with Crippen molar-refractivity contribution in [2.45, 2.75) is 25.3 Å². The quantitative estimate of drug-likeness (QED) is 0.871. The van der Waals surface area contributed by atoms with Crippen LogP contribution >= 0.6 is 0 Å². The Morgan fingerprint density at radius 1 is 1.35 bits per heavy atom. The van der Waals surface area contributed by atoms with Crippen LogP contribution in [-0.2, 0) is 0 Å². The number of pyridine rings is 1. The molecule has 0 aromatic carbocycles. The maximum Gasteiger partial charge on any atom is 0.253 e. The number of rotatable bonds is 4. The zero-order chi connectivity index (χ0) is 15.8. The summed E-state index contributed by atoms with van der Waals surface area (Å²) in [5.41, 5.74) is 0.522. The molecule has 4 unspecified atom stereocenters. The second kappa shape index (κ2) is 5.73. The van der Waals surface area contributed by atoms with Gasteiger partial charge in [0.2, 0.25) is 0 Å². The lowest BCUT2D eigenvalue weighted by Crippen LogP contribution is -2.45. The number of fused-ring (bicyclic) bond motifs is 2. The van der Waals surface area contributed by atoms with E-state index in [1.54, 1.807) is 29.3 Å². The van der Waals surface area contributed by atoms with Crippen LogP contribution in [0.15, 0.2) is 31.0 Å². The first kappa shape index (κ1) is 14.3. The van der Waals surface area contributed by atoms with E-state index in [2.05, 4.69) is 20.4 Å². The second-order valence-electron chi connectivity index (χ2n) is 6.42. The molecule has 1 amide bonds. The number of nitrogens with zero attached hydrogens (tertiary/aromatic N) is 4. The summed E-state index contributed by atoms with van der Waals surface area (Å²) >= 11 is 0. The second-order valence-corrected chi connectivity index (χ2v) is 6.42. The van der Waals surface area contributed by atoms with Crippen molar-refractivity contribution < 1.29 is 9.90 Å². The van der Waals surface area contributed by atoms with Crippen molar-refractivity contribution in [3.8, 4) is 5.82 Å². The monoisotopic (exact) mass is 313 g/mol. The summed E-state index contributed by atoms with van der Waals surface area (Å²) in [6.07, 6.45) is 7.99. The number of hydrogen-bond donors (Lipinski definition) is 2. The van der Waals surface area contributed by atoms with Gasteiger partial charge in [0.25, 0.3) is 5.91 Å². The summed E-state index contributed by atoms with van der Waals surface area (Å²) in [6, 6.07) is 3.57. The van der Waals surface area contributed by atoms with Gasteiger partial charge >= 0.3 is 0 Å². The molecule has 0 saturated heterocycles. The van der Waals surface area contributed by atoms with Gasteiger partial charge in [-0.3, -0.25) is 4.79 Å². The van der Waals surface area contributed by atoms with E-state index in [9.17, 15) is 9.90 Å². The number of amides is 1. The average molecular weight is 313 g/mol. The number of aliphatic hydroxyl groups excluding tert-OH is 1. The topological polar surface area (TPSA) is 92.9 Å². The molecule has 7 nitrogen and oxygen atoms in total. The number of carbonyl (C=O) groups is 1. The lowest BCUT2D eigenvalue weighted by atomic mass is 9.85. The molecule has 2 N–H and O–H groups in total. The van der Waals surface area contributed by atoms with Crippen LogP contribution in [0.4, 0.5) is 0 Å². The first-order valence-electron chi connectivity index (χ1n) is 7.99. The molecule has 4 rings (SSSR count). The molecule has 2 bridgehead atoms. The molecule has 120 valence electrons. The first-order chi connectivity index (χ1) is 11.3. The minimum Gasteiger partial charge on any atom is -0.396 e. The van der Waals surface area contributed by atoms with Crippen molar-refractivity contribution in [1.82, 2.24) is 25.1 Å². The molecule has 2 saturated carbocycles. The van der Waals surface area contributed by atoms with Gasteiger partial charge in [0.05, 0.1) is 5.56 Å². The third kappa shape index (κ3) is 2.50. The van der Waals surface area contributed by atoms with E-state index in [-0.39, 0.29) is 24.5 Å². The van der Waals surface area contributed by atoms with Gasteiger partial charge in [-0.25, -0.2) is 14.6 Å². The van der Waals surface area contributed by atoms with Crippen LogP contribution in [0.1, 0.15) is 29.6 Å². The Bertz CT molecular complexity index is 685. The standard InChI is InChI=1S/C16H19N5O2/c22-7-13-10-1-2-11(5-10)15(13)20-16(23)12-3-4-14(18-6-12)21-9-17-8-19-21/h3-4,6,8-11,13,15,22H,1-2,5,7H2,(H,20,23). The number of hydrogen-bond acceptors (Lipinski definition) is 5. The van der Waals surface area contributed by atoms with Gasteiger partial charge in [-0.15, -0.1) is 0 Å². The van der Waals surface area contributed by atoms with Crippen LogP contribution in [0.5, 0.6) is 0 Å². The smallest absolute Gasteiger partial charge is 0.253 e. The highest BCUT2D eigenvalue weighted by Crippen LogP contribution is 2.48. The Kier molecular flexibility index (Phi) is 3.57. The summed E-state index contributed by atoms with van der Waals surface area (Å²) in [7, 11) is 0. The maximum absolute atomic E-state index is 12.5. The number of aliphatic hydroxyl groups is 1. The van der Waals surface area contributed by atoms with Crippen LogP contribution in [0, 0.1) is 17.8 Å². The highest BCUT2D eigenvalue weighted by molar-refractivity contribution is 5.94. The molecular weight excluding hydrogens is 294 g/mol. The van der Waals surface area contributed by atoms with E-state index in [0.29, 0.717) is 23.2 Å². The molecule has 0 aliphatic heterocycles. The fourth-order valence-electron chi connectivity index (χ4n) is 4.12. The minimum absolute atomic E-state index is 0.0845. The van der Waals surface area contributed by atoms with Crippen LogP contribution in [0.3, 0.4) is 0 Å². The van der Waals surface area contributed by atoms with Crippen molar-refractivity contribution in [2.24, 2.45) is 17.8 Å². The first-order valence-corrected chi connectivity index (χ1v) is 7.99. The Labute approximate surface area is 133 Å². The van der Waals surface area contributed by atoms with Gasteiger partial charge in [0.1, 0.15) is 12.7 Å². The number of aromatic nitrogens is 4. The van der Waals surface area contributed by atoms with E-state index in [1.165, 1.54) is 12.7 Å². The van der Waals surface area contributed by atoms with Crippen LogP contribution in [0.25, 0.3) is 5.82 Å². The minimum atomic E-state index is -0.126. The van der Waals surface area contributed by atoms with Crippen molar-refractivity contribution in [1.29, 1.82) is 0 Å². The SMILES string of the molecule is O=C(NC1C2CCC(C2)C1CO)c1ccc(-n2cncn2)nc1. The van der Waals surface area contributed by atoms with Crippen molar-refractivity contribution in [3.63, 3.8) is 0 Å². The third-order valence-electron chi connectivity index (χ3n) is 5.26. The zero-order valence-corrected chi connectivity index (χ0v) is 12.7. The van der Waals surface area contributed by atoms with Gasteiger partial charge in [-0.1, -0.05) is 0 Å². The summed E-state index contributed by atoms with van der Waals surface area (Å²) in [5, 5.41) is 16.7. The van der Waals surface area contributed by atoms with Gasteiger partial charge in [-0.05, 0) is 43.2 Å². The van der Waals surface area contributed by atoms with E-state index in [4.69, 9.17) is 0 Å². The molecule has 0 spiro atoms. The van der Waals surface area contributed by atoms with E-state index in [0.717, 1.165) is 12.8 Å². The molecule has 2 aliphatic carbocycles. The number of carbonyl (C=O) groups excluding carboxylic acids is 1. The highest BCUT2D eigenvalue weighted by Gasteiger charge is 2.47. The summed E-state index contributed by atoms with van der Waals surface area (Å²) in [6.45, 7) is 0.148. The normalized spacial score (nSPS) is 28.9. The van der Waals surface area contributed by atoms with Crippen LogP contribution in [-0.4, -0.2) is 43.4 Å². The molecule has 2 fully saturated rings. The molecule has 4 atom stereocenters. The predicted molar refractivity (Wildman–Crippen MR) is 81.8 cm³/mol. The lowest BCUT2D eigenvalue weighted by Gasteiger charge is -2.30. The van der Waals surface area contributed by atoms with Gasteiger partial charge in [-0.2, -0.15) is 5.10 Å². The molecule has 2 aromatic heterocycles. The number of nitrogens with one attached hydrogen (secondary N) is 1.